The Kier molecular flexibility index (Phi) is 3.29. The van der Waals surface area contributed by atoms with Gasteiger partial charge in [-0.2, -0.15) is 4.57 Å². The molecule has 1 aromatic heterocycles. The number of hydrogen-bond acceptors (Lipinski definition) is 6. The molecule has 0 aromatic carbocycles. The number of imidazole rings is 1. The number of alkyl halides is 1. The van der Waals surface area contributed by atoms with E-state index in [0.29, 0.717) is 0 Å². The molecule has 8 nitrogen and oxygen atoms in total. The zero-order valence-electron chi connectivity index (χ0n) is 8.51. The van der Waals surface area contributed by atoms with Gasteiger partial charge in [0, 0.05) is 0 Å². The molecule has 1 unspecified atom stereocenters. The van der Waals surface area contributed by atoms with Gasteiger partial charge in [0.1, 0.15) is 24.6 Å². The number of ether oxygens (including phenoxy) is 1. The number of aliphatic hydroxyl groups is 2. The molecule has 2 heterocycles. The number of rotatable bonds is 3. The van der Waals surface area contributed by atoms with E-state index in [4.69, 9.17) is 21.4 Å². The highest BCUT2D eigenvalue weighted by atomic mass is 35.5. The van der Waals surface area contributed by atoms with Crippen LogP contribution < -0.4 is 0 Å². The predicted molar refractivity (Wildman–Crippen MR) is 55.5 cm³/mol. The van der Waals surface area contributed by atoms with Crippen molar-refractivity contribution in [1.82, 2.24) is 9.55 Å². The van der Waals surface area contributed by atoms with E-state index in [1.807, 2.05) is 0 Å². The predicted octanol–water partition coefficient (Wildman–Crippen LogP) is -0.351. The Morgan fingerprint density at radius 3 is 2.94 bits per heavy atom. The first-order valence-electron chi connectivity index (χ1n) is 4.82. The molecule has 17 heavy (non-hydrogen) atoms. The van der Waals surface area contributed by atoms with E-state index in [1.54, 1.807) is 0 Å². The monoisotopic (exact) mass is 263 g/mol. The Bertz CT molecular complexity index is 425. The highest BCUT2D eigenvalue weighted by Gasteiger charge is 2.46. The first-order valence-corrected chi connectivity index (χ1v) is 5.25. The number of nitrogens with zero attached hydrogens (tertiary/aromatic N) is 3. The maximum Gasteiger partial charge on any atom is 0.436 e. The second-order valence-electron chi connectivity index (χ2n) is 3.57. The lowest BCUT2D eigenvalue weighted by atomic mass is 10.2. The van der Waals surface area contributed by atoms with Gasteiger partial charge in [-0.05, 0) is 4.92 Å². The van der Waals surface area contributed by atoms with Gasteiger partial charge < -0.3 is 25.1 Å². The Labute approximate surface area is 101 Å². The van der Waals surface area contributed by atoms with Crippen LogP contribution in [-0.2, 0) is 4.74 Å². The van der Waals surface area contributed by atoms with Crippen molar-refractivity contribution in [2.24, 2.45) is 0 Å². The summed E-state index contributed by atoms with van der Waals surface area (Å²) in [5.74, 6) is -0.448. The fourth-order valence-electron chi connectivity index (χ4n) is 1.73. The van der Waals surface area contributed by atoms with E-state index in [1.165, 1.54) is 12.4 Å². The normalized spacial score (nSPS) is 32.9. The van der Waals surface area contributed by atoms with Crippen LogP contribution in [0.3, 0.4) is 0 Å². The van der Waals surface area contributed by atoms with Crippen molar-refractivity contribution < 1.29 is 19.9 Å². The highest BCUT2D eigenvalue weighted by Crippen LogP contribution is 2.34. The molecule has 1 aliphatic heterocycles. The molecule has 2 N–H and O–H groups in total. The number of nitro groups is 1. The number of halogens is 1. The molecule has 4 atom stereocenters. The molecule has 0 bridgehead atoms. The Hall–Kier alpha value is -1.22. The Morgan fingerprint density at radius 1 is 1.71 bits per heavy atom. The second-order valence-corrected chi connectivity index (χ2v) is 4.08. The topological polar surface area (TPSA) is 111 Å². The standard InChI is InChI=1S/C8H10ClN3O5/c9-5-4(3-13)17-7(6(5)14)11-2-1-10-8(11)12(15)16/h1-2,4-7,13-14H,3H2/t4-,5-,6+,7?/m1/s1. The van der Waals surface area contributed by atoms with Crippen LogP contribution in [-0.4, -0.2) is 48.9 Å². The molecule has 0 saturated carbocycles. The van der Waals surface area contributed by atoms with Gasteiger partial charge in [-0.1, -0.05) is 4.98 Å². The third-order valence-corrected chi connectivity index (χ3v) is 3.09. The van der Waals surface area contributed by atoms with Crippen LogP contribution in [0.2, 0.25) is 0 Å². The van der Waals surface area contributed by atoms with E-state index in [0.717, 1.165) is 4.57 Å². The molecule has 1 saturated heterocycles. The van der Waals surface area contributed by atoms with Gasteiger partial charge in [0.2, 0.25) is 6.23 Å². The highest BCUT2D eigenvalue weighted by molar-refractivity contribution is 6.21. The van der Waals surface area contributed by atoms with Gasteiger partial charge in [-0.15, -0.1) is 11.6 Å². The van der Waals surface area contributed by atoms with Crippen molar-refractivity contribution in [3.63, 3.8) is 0 Å². The number of aliphatic hydroxyl groups excluding tert-OH is 2. The summed E-state index contributed by atoms with van der Waals surface area (Å²) < 4.78 is 6.34. The van der Waals surface area contributed by atoms with Crippen LogP contribution in [0.15, 0.2) is 12.4 Å². The maximum absolute atomic E-state index is 10.7. The average Bonchev–Trinajstić information content (AvgIpc) is 2.86. The molecule has 1 aliphatic rings. The third-order valence-electron chi connectivity index (χ3n) is 2.55. The first kappa shape index (κ1) is 12.2. The van der Waals surface area contributed by atoms with Gasteiger partial charge in [0.15, 0.2) is 0 Å². The molecule has 2 rings (SSSR count). The summed E-state index contributed by atoms with van der Waals surface area (Å²) in [5.41, 5.74) is 0. The molecule has 9 heteroatoms. The number of aromatic nitrogens is 2. The van der Waals surface area contributed by atoms with Gasteiger partial charge in [-0.25, -0.2) is 0 Å². The minimum atomic E-state index is -1.15. The van der Waals surface area contributed by atoms with Gasteiger partial charge in [-0.3, -0.25) is 0 Å². The smallest absolute Gasteiger partial charge is 0.394 e. The molecule has 1 aromatic rings. The minimum Gasteiger partial charge on any atom is -0.394 e. The Morgan fingerprint density at radius 2 is 2.41 bits per heavy atom. The molecule has 0 spiro atoms. The van der Waals surface area contributed by atoms with E-state index in [9.17, 15) is 15.2 Å². The Balaban J connectivity index is 2.29. The van der Waals surface area contributed by atoms with Crippen molar-refractivity contribution in [2.45, 2.75) is 23.8 Å². The van der Waals surface area contributed by atoms with E-state index in [2.05, 4.69) is 4.98 Å². The molecule has 0 radical (unpaired) electrons. The lowest BCUT2D eigenvalue weighted by Gasteiger charge is -2.13. The first-order chi connectivity index (χ1) is 8.06. The second kappa shape index (κ2) is 4.57. The van der Waals surface area contributed by atoms with Crippen LogP contribution in [0.25, 0.3) is 0 Å². The summed E-state index contributed by atoms with van der Waals surface area (Å²) in [5, 5.41) is 28.6. The van der Waals surface area contributed by atoms with Crippen LogP contribution in [0.4, 0.5) is 5.95 Å². The zero-order chi connectivity index (χ0) is 12.6. The quantitative estimate of drug-likeness (QED) is 0.438. The summed E-state index contributed by atoms with van der Waals surface area (Å²) in [6, 6.07) is 0. The fraction of sp³-hybridized carbons (Fsp3) is 0.625. The summed E-state index contributed by atoms with van der Waals surface area (Å²) >= 11 is 5.83. The summed E-state index contributed by atoms with van der Waals surface area (Å²) in [7, 11) is 0. The molecular formula is C8H10ClN3O5. The largest absolute Gasteiger partial charge is 0.436 e. The van der Waals surface area contributed by atoms with E-state index >= 15 is 0 Å². The van der Waals surface area contributed by atoms with Gasteiger partial charge in [0.05, 0.1) is 12.0 Å². The molecule has 0 aliphatic carbocycles. The van der Waals surface area contributed by atoms with Crippen molar-refractivity contribution in [1.29, 1.82) is 0 Å². The molecule has 94 valence electrons. The van der Waals surface area contributed by atoms with Gasteiger partial charge >= 0.3 is 5.95 Å². The average molecular weight is 264 g/mol. The van der Waals surface area contributed by atoms with Crippen molar-refractivity contribution >= 4 is 17.5 Å². The minimum absolute atomic E-state index is 0.371. The van der Waals surface area contributed by atoms with Gasteiger partial charge in [0.25, 0.3) is 0 Å². The molecule has 1 fully saturated rings. The van der Waals surface area contributed by atoms with Crippen LogP contribution in [0.1, 0.15) is 6.23 Å². The summed E-state index contributed by atoms with van der Waals surface area (Å²) in [6.07, 6.45) is -0.392. The van der Waals surface area contributed by atoms with Crippen molar-refractivity contribution in [3.05, 3.63) is 22.5 Å². The molecule has 0 amide bonds. The van der Waals surface area contributed by atoms with Crippen molar-refractivity contribution in [3.8, 4) is 0 Å². The van der Waals surface area contributed by atoms with Crippen LogP contribution in [0, 0.1) is 10.1 Å². The lowest BCUT2D eigenvalue weighted by molar-refractivity contribution is -0.398. The third kappa shape index (κ3) is 2.00. The van der Waals surface area contributed by atoms with E-state index in [-0.39, 0.29) is 6.61 Å². The SMILES string of the molecule is O=[N+]([O-])c1nccn1C1O[C@H](CO)[C@@H](Cl)[C@@H]1O. The van der Waals surface area contributed by atoms with Crippen LogP contribution in [0.5, 0.6) is 0 Å². The molecular weight excluding hydrogens is 254 g/mol. The summed E-state index contributed by atoms with van der Waals surface area (Å²) in [4.78, 5) is 13.5. The van der Waals surface area contributed by atoms with E-state index < -0.39 is 34.7 Å². The lowest BCUT2D eigenvalue weighted by Crippen LogP contribution is -2.28. The fourth-order valence-corrected chi connectivity index (χ4v) is 1.99. The van der Waals surface area contributed by atoms with Crippen molar-refractivity contribution in [2.75, 3.05) is 6.61 Å². The van der Waals surface area contributed by atoms with Crippen LogP contribution >= 0.6 is 11.6 Å². The maximum atomic E-state index is 10.7. The summed E-state index contributed by atoms with van der Waals surface area (Å²) in [6.45, 7) is -0.371. The zero-order valence-corrected chi connectivity index (χ0v) is 9.27. The number of hydrogen-bond donors (Lipinski definition) is 2.